The zero-order valence-corrected chi connectivity index (χ0v) is 7.75. The van der Waals surface area contributed by atoms with E-state index in [4.69, 9.17) is 15.3 Å². The zero-order valence-electron chi connectivity index (χ0n) is 7.75. The first kappa shape index (κ1) is 11.8. The van der Waals surface area contributed by atoms with Gasteiger partial charge >= 0.3 is 0 Å². The maximum Gasteiger partial charge on any atom is 0.0646 e. The number of rotatable bonds is 6. The van der Waals surface area contributed by atoms with E-state index in [-0.39, 0.29) is 13.2 Å². The minimum atomic E-state index is -0.642. The Morgan fingerprint density at radius 1 is 1.33 bits per heavy atom. The maximum absolute atomic E-state index is 8.99. The summed E-state index contributed by atoms with van der Waals surface area (Å²) in [5, 5.41) is 29.9. The summed E-state index contributed by atoms with van der Waals surface area (Å²) >= 11 is 0. The molecule has 4 heteroatoms. The molecule has 0 aromatic heterocycles. The zero-order chi connectivity index (χ0) is 9.61. The number of hydrogen-bond donors (Lipinski definition) is 4. The Morgan fingerprint density at radius 3 is 2.08 bits per heavy atom. The van der Waals surface area contributed by atoms with Gasteiger partial charge in [0, 0.05) is 6.54 Å². The number of hydrogen-bond acceptors (Lipinski definition) is 4. The van der Waals surface area contributed by atoms with Gasteiger partial charge in [-0.1, -0.05) is 6.92 Å². The van der Waals surface area contributed by atoms with Gasteiger partial charge in [-0.05, 0) is 13.3 Å². The summed E-state index contributed by atoms with van der Waals surface area (Å²) in [6.07, 6.45) is 0.168. The van der Waals surface area contributed by atoms with E-state index < -0.39 is 11.6 Å². The molecule has 0 aromatic rings. The summed E-state index contributed by atoms with van der Waals surface area (Å²) in [6, 6.07) is 0. The van der Waals surface area contributed by atoms with Crippen LogP contribution in [0.5, 0.6) is 0 Å². The molecule has 74 valence electrons. The van der Waals surface area contributed by atoms with Crippen molar-refractivity contribution < 1.29 is 15.3 Å². The van der Waals surface area contributed by atoms with Crippen LogP contribution < -0.4 is 5.32 Å². The predicted molar refractivity (Wildman–Crippen MR) is 46.9 cm³/mol. The lowest BCUT2D eigenvalue weighted by atomic mass is 9.98. The molecule has 0 saturated carbocycles. The summed E-state index contributed by atoms with van der Waals surface area (Å²) < 4.78 is 0. The second-order valence-electron chi connectivity index (χ2n) is 3.18. The Kier molecular flexibility index (Phi) is 5.41. The maximum atomic E-state index is 8.99. The van der Waals surface area contributed by atoms with Crippen molar-refractivity contribution in [3.8, 4) is 0 Å². The summed E-state index contributed by atoms with van der Waals surface area (Å²) in [6.45, 7) is 3.68. The summed E-state index contributed by atoms with van der Waals surface area (Å²) in [5.74, 6) is 0. The van der Waals surface area contributed by atoms with Crippen LogP contribution in [-0.2, 0) is 0 Å². The molecule has 1 atom stereocenters. The van der Waals surface area contributed by atoms with Gasteiger partial charge in [-0.15, -0.1) is 0 Å². The molecule has 0 amide bonds. The first-order valence-corrected chi connectivity index (χ1v) is 4.25. The van der Waals surface area contributed by atoms with Crippen LogP contribution in [0.1, 0.15) is 20.3 Å². The Hall–Kier alpha value is -0.160. The average molecular weight is 177 g/mol. The van der Waals surface area contributed by atoms with Crippen LogP contribution in [0.15, 0.2) is 0 Å². The molecule has 0 aliphatic heterocycles. The number of aliphatic hydroxyl groups is 3. The molecule has 0 bridgehead atoms. The van der Waals surface area contributed by atoms with Crippen molar-refractivity contribution in [1.82, 2.24) is 5.32 Å². The van der Waals surface area contributed by atoms with Crippen LogP contribution >= 0.6 is 0 Å². The van der Waals surface area contributed by atoms with Crippen LogP contribution in [0.3, 0.4) is 0 Å². The number of nitrogens with one attached hydrogen (secondary N) is 1. The summed E-state index contributed by atoms with van der Waals surface area (Å²) in [7, 11) is 0. The van der Waals surface area contributed by atoms with E-state index in [2.05, 4.69) is 5.32 Å². The lowest BCUT2D eigenvalue weighted by molar-refractivity contribution is 0.0739. The van der Waals surface area contributed by atoms with Gasteiger partial charge in [-0.25, -0.2) is 0 Å². The summed E-state index contributed by atoms with van der Waals surface area (Å²) in [4.78, 5) is 0. The Bertz CT molecular complexity index is 105. The molecule has 0 radical (unpaired) electrons. The molecule has 0 aromatic carbocycles. The number of aliphatic hydroxyl groups excluding tert-OH is 3. The third-order valence-corrected chi connectivity index (χ3v) is 2.05. The highest BCUT2D eigenvalue weighted by Gasteiger charge is 2.25. The van der Waals surface area contributed by atoms with Gasteiger partial charge in [0.05, 0.1) is 24.9 Å². The molecule has 0 aliphatic rings. The molecule has 0 aliphatic carbocycles. The van der Waals surface area contributed by atoms with E-state index in [1.54, 1.807) is 6.92 Å². The first-order valence-electron chi connectivity index (χ1n) is 4.25. The van der Waals surface area contributed by atoms with Crippen LogP contribution in [0.2, 0.25) is 0 Å². The smallest absolute Gasteiger partial charge is 0.0646 e. The topological polar surface area (TPSA) is 72.7 Å². The van der Waals surface area contributed by atoms with E-state index in [1.807, 2.05) is 6.92 Å². The fraction of sp³-hybridized carbons (Fsp3) is 1.00. The highest BCUT2D eigenvalue weighted by atomic mass is 16.3. The Labute approximate surface area is 73.2 Å². The molecule has 0 rings (SSSR count). The third-order valence-electron chi connectivity index (χ3n) is 2.05. The normalized spacial score (nSPS) is 14.8. The number of β-amino-alcohol motifs (C(OH)–C–C–N with tert-alkyl or cyclic N) is 1. The van der Waals surface area contributed by atoms with Gasteiger partial charge in [0.2, 0.25) is 0 Å². The average Bonchev–Trinajstić information content (AvgIpc) is 2.08. The molecule has 0 heterocycles. The van der Waals surface area contributed by atoms with Crippen LogP contribution in [0.25, 0.3) is 0 Å². The van der Waals surface area contributed by atoms with E-state index in [9.17, 15) is 0 Å². The minimum Gasteiger partial charge on any atom is -0.394 e. The lowest BCUT2D eigenvalue weighted by Gasteiger charge is -2.30. The molecule has 0 saturated heterocycles. The summed E-state index contributed by atoms with van der Waals surface area (Å²) in [5.41, 5.74) is -0.642. The van der Waals surface area contributed by atoms with Gasteiger partial charge in [-0.2, -0.15) is 0 Å². The largest absolute Gasteiger partial charge is 0.394 e. The van der Waals surface area contributed by atoms with E-state index >= 15 is 0 Å². The van der Waals surface area contributed by atoms with Gasteiger partial charge in [0.1, 0.15) is 0 Å². The quantitative estimate of drug-likeness (QED) is 0.424. The fourth-order valence-electron chi connectivity index (χ4n) is 0.875. The van der Waals surface area contributed by atoms with Gasteiger partial charge in [0.25, 0.3) is 0 Å². The van der Waals surface area contributed by atoms with Crippen LogP contribution in [-0.4, -0.2) is 46.7 Å². The molecular formula is C8H19NO3. The SMILES string of the molecule is CCC(CO)(CO)NC[C@H](C)O. The van der Waals surface area contributed by atoms with Crippen LogP contribution in [0.4, 0.5) is 0 Å². The van der Waals surface area contributed by atoms with E-state index in [0.29, 0.717) is 13.0 Å². The fourth-order valence-corrected chi connectivity index (χ4v) is 0.875. The van der Waals surface area contributed by atoms with Gasteiger partial charge in [-0.3, -0.25) is 0 Å². The minimum absolute atomic E-state index is 0.118. The van der Waals surface area contributed by atoms with E-state index in [0.717, 1.165) is 0 Å². The van der Waals surface area contributed by atoms with Crippen molar-refractivity contribution in [2.75, 3.05) is 19.8 Å². The van der Waals surface area contributed by atoms with Gasteiger partial charge in [0.15, 0.2) is 0 Å². The lowest BCUT2D eigenvalue weighted by Crippen LogP contribution is -2.53. The van der Waals surface area contributed by atoms with Gasteiger partial charge < -0.3 is 20.6 Å². The molecule has 0 fully saturated rings. The van der Waals surface area contributed by atoms with Crippen molar-refractivity contribution in [3.05, 3.63) is 0 Å². The van der Waals surface area contributed by atoms with E-state index in [1.165, 1.54) is 0 Å². The molecule has 0 spiro atoms. The molecule has 0 unspecified atom stereocenters. The van der Waals surface area contributed by atoms with Crippen molar-refractivity contribution in [1.29, 1.82) is 0 Å². The molecule has 12 heavy (non-hydrogen) atoms. The monoisotopic (exact) mass is 177 g/mol. The molecular weight excluding hydrogens is 158 g/mol. The predicted octanol–water partition coefficient (Wildman–Crippen LogP) is -0.910. The Balaban J connectivity index is 3.93. The standard InChI is InChI=1S/C8H19NO3/c1-3-8(5-10,6-11)9-4-7(2)12/h7,9-12H,3-6H2,1-2H3/t7-/m0/s1. The van der Waals surface area contributed by atoms with Crippen molar-refractivity contribution >= 4 is 0 Å². The Morgan fingerprint density at radius 2 is 1.83 bits per heavy atom. The van der Waals surface area contributed by atoms with Crippen molar-refractivity contribution in [2.24, 2.45) is 0 Å². The second kappa shape index (κ2) is 5.48. The highest BCUT2D eigenvalue weighted by Crippen LogP contribution is 2.07. The highest BCUT2D eigenvalue weighted by molar-refractivity contribution is 4.85. The molecule has 4 N–H and O–H groups in total. The van der Waals surface area contributed by atoms with Crippen LogP contribution in [0, 0.1) is 0 Å². The first-order chi connectivity index (χ1) is 5.60. The third kappa shape index (κ3) is 3.49. The molecule has 4 nitrogen and oxygen atoms in total. The van der Waals surface area contributed by atoms with Crippen molar-refractivity contribution in [3.63, 3.8) is 0 Å². The second-order valence-corrected chi connectivity index (χ2v) is 3.18. The van der Waals surface area contributed by atoms with Crippen molar-refractivity contribution in [2.45, 2.75) is 31.9 Å².